The molecule has 6 aromatic carbocycles. The first-order chi connectivity index (χ1) is 20.8. The summed E-state index contributed by atoms with van der Waals surface area (Å²) in [4.78, 5) is 0. The highest BCUT2D eigenvalue weighted by atomic mass is 15.2. The van der Waals surface area contributed by atoms with Crippen LogP contribution in [0, 0.1) is 0 Å². The first kappa shape index (κ1) is 23.5. The molecule has 0 spiro atoms. The van der Waals surface area contributed by atoms with Crippen LogP contribution in [-0.4, -0.2) is 9.61 Å². The first-order valence-electron chi connectivity index (χ1n) is 14.9. The fraction of sp³-hybridized carbons (Fsp3) is 0.0750. The van der Waals surface area contributed by atoms with Crippen LogP contribution in [0.5, 0.6) is 0 Å². The van der Waals surface area contributed by atoms with Gasteiger partial charge in [0.25, 0.3) is 0 Å². The van der Waals surface area contributed by atoms with Crippen LogP contribution in [-0.2, 0) is 0 Å². The lowest BCUT2D eigenvalue weighted by atomic mass is 9.89. The minimum atomic E-state index is 0.568. The van der Waals surface area contributed by atoms with E-state index in [1.54, 1.807) is 0 Å². The molecule has 0 saturated heterocycles. The second-order valence-electron chi connectivity index (χ2n) is 11.5. The van der Waals surface area contributed by atoms with Crippen LogP contribution in [0.25, 0.3) is 71.3 Å². The zero-order valence-electron chi connectivity index (χ0n) is 23.2. The van der Waals surface area contributed by atoms with Crippen molar-refractivity contribution >= 4 is 37.8 Å². The lowest BCUT2D eigenvalue weighted by molar-refractivity contribution is 0.866. The topological polar surface area (TPSA) is 17.3 Å². The molecule has 42 heavy (non-hydrogen) atoms. The quantitative estimate of drug-likeness (QED) is 0.219. The molecule has 198 valence electrons. The van der Waals surface area contributed by atoms with Gasteiger partial charge in [-0.05, 0) is 62.5 Å². The van der Waals surface area contributed by atoms with E-state index in [1.807, 2.05) is 0 Å². The highest BCUT2D eigenvalue weighted by Gasteiger charge is 2.30. The van der Waals surface area contributed by atoms with Crippen molar-refractivity contribution in [1.29, 1.82) is 0 Å². The van der Waals surface area contributed by atoms with E-state index in [0.717, 1.165) is 5.69 Å². The van der Waals surface area contributed by atoms with Gasteiger partial charge in [0.2, 0.25) is 0 Å². The Balaban J connectivity index is 1.39. The summed E-state index contributed by atoms with van der Waals surface area (Å²) >= 11 is 0. The summed E-state index contributed by atoms with van der Waals surface area (Å²) in [6.45, 7) is 0. The summed E-state index contributed by atoms with van der Waals surface area (Å²) in [5, 5.41) is 13.0. The molecule has 2 heterocycles. The molecule has 0 radical (unpaired) electrons. The number of benzene rings is 6. The van der Waals surface area contributed by atoms with Crippen LogP contribution in [0.4, 0.5) is 0 Å². The van der Waals surface area contributed by atoms with Gasteiger partial charge in [-0.25, -0.2) is 4.52 Å². The van der Waals surface area contributed by atoms with E-state index < -0.39 is 0 Å². The van der Waals surface area contributed by atoms with E-state index in [9.17, 15) is 0 Å². The monoisotopic (exact) mass is 536 g/mol. The molecule has 0 bridgehead atoms. The molecule has 1 aliphatic carbocycles. The summed E-state index contributed by atoms with van der Waals surface area (Å²) in [5.74, 6) is 0.568. The molecule has 2 heteroatoms. The van der Waals surface area contributed by atoms with Crippen molar-refractivity contribution < 1.29 is 0 Å². The van der Waals surface area contributed by atoms with Gasteiger partial charge in [0.05, 0.1) is 5.52 Å². The highest BCUT2D eigenvalue weighted by Crippen LogP contribution is 2.47. The first-order valence-corrected chi connectivity index (χ1v) is 14.9. The number of aromatic nitrogens is 2. The normalized spacial score (nSPS) is 13.4. The van der Waals surface area contributed by atoms with Gasteiger partial charge in [-0.3, -0.25) is 0 Å². The molecular weight excluding hydrogens is 508 g/mol. The van der Waals surface area contributed by atoms with Gasteiger partial charge in [-0.15, -0.1) is 0 Å². The van der Waals surface area contributed by atoms with Crippen molar-refractivity contribution in [1.82, 2.24) is 9.61 Å². The molecule has 1 aliphatic rings. The Morgan fingerprint density at radius 1 is 0.500 bits per heavy atom. The van der Waals surface area contributed by atoms with E-state index >= 15 is 0 Å². The molecule has 0 N–H and O–H groups in total. The molecule has 0 aliphatic heterocycles. The average molecular weight is 537 g/mol. The molecular formula is C40H28N2. The third-order valence-electron chi connectivity index (χ3n) is 8.97. The number of hydrogen-bond acceptors (Lipinski definition) is 1. The van der Waals surface area contributed by atoms with Gasteiger partial charge < -0.3 is 0 Å². The minimum absolute atomic E-state index is 0.568. The number of fused-ring (bicyclic) bond motifs is 5. The Morgan fingerprint density at radius 2 is 1.10 bits per heavy atom. The number of nitrogens with zero attached hydrogens (tertiary/aromatic N) is 2. The molecule has 1 fully saturated rings. The summed E-state index contributed by atoms with van der Waals surface area (Å²) in [6, 6.07) is 50.7. The zero-order valence-corrected chi connectivity index (χ0v) is 23.2. The van der Waals surface area contributed by atoms with Crippen molar-refractivity contribution in [3.05, 3.63) is 145 Å². The van der Waals surface area contributed by atoms with Gasteiger partial charge >= 0.3 is 0 Å². The van der Waals surface area contributed by atoms with Gasteiger partial charge in [0.1, 0.15) is 5.69 Å². The molecule has 8 aromatic rings. The molecule has 2 aromatic heterocycles. The van der Waals surface area contributed by atoms with E-state index in [4.69, 9.17) is 5.10 Å². The largest absolute Gasteiger partial charge is 0.236 e. The highest BCUT2D eigenvalue weighted by molar-refractivity contribution is 6.13. The van der Waals surface area contributed by atoms with Crippen molar-refractivity contribution in [3.63, 3.8) is 0 Å². The van der Waals surface area contributed by atoms with Gasteiger partial charge in [-0.2, -0.15) is 5.10 Å². The van der Waals surface area contributed by atoms with Crippen LogP contribution >= 0.6 is 0 Å². The Kier molecular flexibility index (Phi) is 5.12. The molecule has 1 saturated carbocycles. The Bertz CT molecular complexity index is 2300. The number of pyridine rings is 1. The van der Waals surface area contributed by atoms with E-state index in [0.29, 0.717) is 5.92 Å². The Labute approximate surface area is 244 Å². The van der Waals surface area contributed by atoms with Gasteiger partial charge in [-0.1, -0.05) is 133 Å². The molecule has 0 amide bonds. The standard InChI is InChI=1S/C40H28N2/c1-2-12-28(13-3-1)38-39(41-42-37(27-21-22-27)25-29-14-5-7-17-31(29)40(38)42)36-24-23-35(33-18-8-9-19-34(33)36)32-20-10-15-26-11-4-6-16-30(26)32/h1-20,23-25,27H,21-22H2. The van der Waals surface area contributed by atoms with Crippen molar-refractivity contribution in [2.75, 3.05) is 0 Å². The number of rotatable bonds is 4. The summed E-state index contributed by atoms with van der Waals surface area (Å²) in [5.41, 5.74) is 9.65. The average Bonchev–Trinajstić information content (AvgIpc) is 3.83. The maximum atomic E-state index is 5.49. The van der Waals surface area contributed by atoms with Crippen molar-refractivity contribution in [2.45, 2.75) is 18.8 Å². The van der Waals surface area contributed by atoms with Crippen LogP contribution in [0.15, 0.2) is 140 Å². The van der Waals surface area contributed by atoms with Crippen LogP contribution in [0.3, 0.4) is 0 Å². The SMILES string of the molecule is c1ccc(-c2c(-c3ccc(-c4cccc5ccccc45)c4ccccc34)nn3c(C4CC4)cc4ccccc4c23)cc1. The fourth-order valence-corrected chi connectivity index (χ4v) is 6.85. The maximum Gasteiger partial charge on any atom is 0.102 e. The van der Waals surface area contributed by atoms with Crippen LogP contribution in [0.2, 0.25) is 0 Å². The predicted octanol–water partition coefficient (Wildman–Crippen LogP) is 10.7. The number of hydrogen-bond donors (Lipinski definition) is 0. The molecule has 2 nitrogen and oxygen atoms in total. The fourth-order valence-electron chi connectivity index (χ4n) is 6.85. The van der Waals surface area contributed by atoms with Crippen molar-refractivity contribution in [2.24, 2.45) is 0 Å². The maximum absolute atomic E-state index is 5.49. The molecule has 0 unspecified atom stereocenters. The Morgan fingerprint density at radius 3 is 1.88 bits per heavy atom. The van der Waals surface area contributed by atoms with Crippen LogP contribution < -0.4 is 0 Å². The summed E-state index contributed by atoms with van der Waals surface area (Å²) in [7, 11) is 0. The van der Waals surface area contributed by atoms with E-state index in [2.05, 4.69) is 144 Å². The molecule has 9 rings (SSSR count). The van der Waals surface area contributed by atoms with Crippen molar-refractivity contribution in [3.8, 4) is 33.5 Å². The summed E-state index contributed by atoms with van der Waals surface area (Å²) in [6.07, 6.45) is 2.46. The van der Waals surface area contributed by atoms with Crippen LogP contribution in [0.1, 0.15) is 24.5 Å². The summed E-state index contributed by atoms with van der Waals surface area (Å²) < 4.78 is 2.27. The predicted molar refractivity (Wildman–Crippen MR) is 176 cm³/mol. The second kappa shape index (κ2) is 9.15. The van der Waals surface area contributed by atoms with E-state index in [1.165, 1.54) is 84.2 Å². The lowest BCUT2D eigenvalue weighted by Gasteiger charge is -2.14. The minimum Gasteiger partial charge on any atom is -0.236 e. The third-order valence-corrected chi connectivity index (χ3v) is 8.97. The van der Waals surface area contributed by atoms with Gasteiger partial charge in [0, 0.05) is 28.1 Å². The second-order valence-corrected chi connectivity index (χ2v) is 11.5. The lowest BCUT2D eigenvalue weighted by Crippen LogP contribution is -1.98. The van der Waals surface area contributed by atoms with Gasteiger partial charge in [0.15, 0.2) is 0 Å². The third kappa shape index (κ3) is 3.55. The zero-order chi connectivity index (χ0) is 27.6. The Hall–Kier alpha value is -5.21. The smallest absolute Gasteiger partial charge is 0.102 e. The van der Waals surface area contributed by atoms with E-state index in [-0.39, 0.29) is 0 Å². The molecule has 0 atom stereocenters.